The quantitative estimate of drug-likeness (QED) is 0.793. The molecule has 0 atom stereocenters. The molecule has 3 amide bonds. The van der Waals surface area contributed by atoms with Crippen LogP contribution < -0.4 is 14.8 Å². The maximum absolute atomic E-state index is 12.4. The highest BCUT2D eigenvalue weighted by Crippen LogP contribution is 2.30. The second-order valence-corrected chi connectivity index (χ2v) is 6.18. The number of nitrogens with zero attached hydrogens (tertiary/aromatic N) is 1. The minimum Gasteiger partial charge on any atom is -0.493 e. The van der Waals surface area contributed by atoms with Crippen molar-refractivity contribution in [3.05, 3.63) is 53.1 Å². The second-order valence-electron chi connectivity index (χ2n) is 6.18. The van der Waals surface area contributed by atoms with Gasteiger partial charge in [0.2, 0.25) is 5.91 Å². The molecule has 0 unspecified atom stereocenters. The van der Waals surface area contributed by atoms with Crippen molar-refractivity contribution in [3.63, 3.8) is 0 Å². The summed E-state index contributed by atoms with van der Waals surface area (Å²) in [7, 11) is 3.03. The molecule has 0 saturated heterocycles. The Morgan fingerprint density at radius 3 is 2.37 bits per heavy atom. The normalized spacial score (nSPS) is 12.8. The molecule has 140 valence electrons. The molecule has 0 saturated carbocycles. The highest BCUT2D eigenvalue weighted by Gasteiger charge is 2.35. The number of hydrogen-bond donors (Lipinski definition) is 1. The standard InChI is InChI=1S/C20H20N2O5/c1-12-4-6-14-15(10-12)20(25)22(19(14)24)9-8-18(23)21-13-5-7-16(26-2)17(11-13)27-3/h4-7,10-11H,8-9H2,1-3H3,(H,21,23). The Hall–Kier alpha value is -3.35. The number of anilines is 1. The van der Waals surface area contributed by atoms with Crippen molar-refractivity contribution < 1.29 is 23.9 Å². The van der Waals surface area contributed by atoms with Crippen LogP contribution in [0.15, 0.2) is 36.4 Å². The Kier molecular flexibility index (Phi) is 5.12. The maximum Gasteiger partial charge on any atom is 0.261 e. The van der Waals surface area contributed by atoms with Crippen LogP contribution in [0.1, 0.15) is 32.7 Å². The summed E-state index contributed by atoms with van der Waals surface area (Å²) in [5.41, 5.74) is 2.21. The minimum absolute atomic E-state index is 0.00120. The summed E-state index contributed by atoms with van der Waals surface area (Å²) in [6, 6.07) is 10.1. The third kappa shape index (κ3) is 3.62. The van der Waals surface area contributed by atoms with Crippen molar-refractivity contribution in [2.45, 2.75) is 13.3 Å². The Labute approximate surface area is 156 Å². The fraction of sp³-hybridized carbons (Fsp3) is 0.250. The highest BCUT2D eigenvalue weighted by atomic mass is 16.5. The van der Waals surface area contributed by atoms with Crippen LogP contribution in [0.25, 0.3) is 0 Å². The summed E-state index contributed by atoms with van der Waals surface area (Å²) < 4.78 is 10.4. The fourth-order valence-corrected chi connectivity index (χ4v) is 2.96. The molecule has 7 nitrogen and oxygen atoms in total. The Morgan fingerprint density at radius 1 is 0.963 bits per heavy atom. The third-order valence-electron chi connectivity index (χ3n) is 4.36. The molecule has 0 spiro atoms. The lowest BCUT2D eigenvalue weighted by Gasteiger charge is -2.14. The average Bonchev–Trinajstić information content (AvgIpc) is 2.89. The van der Waals surface area contributed by atoms with Crippen LogP contribution in [0.2, 0.25) is 0 Å². The largest absolute Gasteiger partial charge is 0.493 e. The molecule has 0 fully saturated rings. The van der Waals surface area contributed by atoms with E-state index in [9.17, 15) is 14.4 Å². The monoisotopic (exact) mass is 368 g/mol. The molecule has 2 aromatic carbocycles. The minimum atomic E-state index is -0.367. The smallest absolute Gasteiger partial charge is 0.261 e. The van der Waals surface area contributed by atoms with Gasteiger partial charge in [-0.3, -0.25) is 19.3 Å². The highest BCUT2D eigenvalue weighted by molar-refractivity contribution is 6.21. The number of nitrogens with one attached hydrogen (secondary N) is 1. The van der Waals surface area contributed by atoms with Crippen molar-refractivity contribution in [1.29, 1.82) is 0 Å². The van der Waals surface area contributed by atoms with Crippen LogP contribution >= 0.6 is 0 Å². The van der Waals surface area contributed by atoms with Gasteiger partial charge in [-0.2, -0.15) is 0 Å². The molecule has 1 aliphatic rings. The van der Waals surface area contributed by atoms with Gasteiger partial charge in [-0.15, -0.1) is 0 Å². The van der Waals surface area contributed by atoms with Gasteiger partial charge in [0.15, 0.2) is 11.5 Å². The van der Waals surface area contributed by atoms with E-state index in [2.05, 4.69) is 5.32 Å². The zero-order valence-electron chi connectivity index (χ0n) is 15.4. The first kappa shape index (κ1) is 18.4. The van der Waals surface area contributed by atoms with E-state index >= 15 is 0 Å². The molecule has 2 aromatic rings. The third-order valence-corrected chi connectivity index (χ3v) is 4.36. The molecule has 1 heterocycles. The predicted octanol–water partition coefficient (Wildman–Crippen LogP) is 2.64. The van der Waals surface area contributed by atoms with Gasteiger partial charge >= 0.3 is 0 Å². The molecule has 0 bridgehead atoms. The lowest BCUT2D eigenvalue weighted by atomic mass is 10.1. The Morgan fingerprint density at radius 2 is 1.67 bits per heavy atom. The van der Waals surface area contributed by atoms with Gasteiger partial charge in [-0.25, -0.2) is 0 Å². The average molecular weight is 368 g/mol. The molecule has 3 rings (SSSR count). The van der Waals surface area contributed by atoms with E-state index < -0.39 is 0 Å². The van der Waals surface area contributed by atoms with E-state index in [0.29, 0.717) is 28.3 Å². The van der Waals surface area contributed by atoms with Crippen molar-refractivity contribution in [2.75, 3.05) is 26.1 Å². The van der Waals surface area contributed by atoms with Gasteiger partial charge in [0, 0.05) is 24.7 Å². The Balaban J connectivity index is 1.63. The summed E-state index contributed by atoms with van der Waals surface area (Å²) in [6.07, 6.45) is -0.00120. The molecule has 0 radical (unpaired) electrons. The van der Waals surface area contributed by atoms with Gasteiger partial charge in [0.1, 0.15) is 0 Å². The summed E-state index contributed by atoms with van der Waals surface area (Å²) in [5, 5.41) is 2.73. The number of ether oxygens (including phenoxy) is 2. The van der Waals surface area contributed by atoms with Crippen LogP contribution in [-0.2, 0) is 4.79 Å². The van der Waals surface area contributed by atoms with Crippen molar-refractivity contribution in [2.24, 2.45) is 0 Å². The number of aryl methyl sites for hydroxylation is 1. The molecule has 0 aliphatic carbocycles. The van der Waals surface area contributed by atoms with E-state index in [1.165, 1.54) is 14.2 Å². The molecule has 27 heavy (non-hydrogen) atoms. The second kappa shape index (κ2) is 7.49. The molecule has 0 aromatic heterocycles. The maximum atomic E-state index is 12.4. The van der Waals surface area contributed by atoms with E-state index in [-0.39, 0.29) is 30.7 Å². The topological polar surface area (TPSA) is 84.9 Å². The lowest BCUT2D eigenvalue weighted by Crippen LogP contribution is -2.32. The van der Waals surface area contributed by atoms with Crippen LogP contribution in [0.4, 0.5) is 5.69 Å². The summed E-state index contributed by atoms with van der Waals surface area (Å²) in [5.74, 6) is 0.00400. The number of fused-ring (bicyclic) bond motifs is 1. The first-order valence-corrected chi connectivity index (χ1v) is 8.43. The first-order chi connectivity index (χ1) is 12.9. The van der Waals surface area contributed by atoms with Crippen molar-refractivity contribution >= 4 is 23.4 Å². The number of imide groups is 1. The van der Waals surface area contributed by atoms with E-state index in [1.807, 2.05) is 6.92 Å². The number of rotatable bonds is 6. The number of benzene rings is 2. The zero-order chi connectivity index (χ0) is 19.6. The molecule has 1 N–H and O–H groups in total. The lowest BCUT2D eigenvalue weighted by molar-refractivity contribution is -0.116. The summed E-state index contributed by atoms with van der Waals surface area (Å²) in [4.78, 5) is 38.2. The number of carbonyl (C=O) groups excluding carboxylic acids is 3. The number of carbonyl (C=O) groups is 3. The van der Waals surface area contributed by atoms with Crippen LogP contribution in [0.3, 0.4) is 0 Å². The van der Waals surface area contributed by atoms with Crippen LogP contribution in [0.5, 0.6) is 11.5 Å². The zero-order valence-corrected chi connectivity index (χ0v) is 15.4. The van der Waals surface area contributed by atoms with Gasteiger partial charge in [0.25, 0.3) is 11.8 Å². The van der Waals surface area contributed by atoms with Crippen molar-refractivity contribution in [1.82, 2.24) is 4.90 Å². The number of methoxy groups -OCH3 is 2. The SMILES string of the molecule is COc1ccc(NC(=O)CCN2C(=O)c3ccc(C)cc3C2=O)cc1OC. The van der Waals surface area contributed by atoms with Gasteiger partial charge in [0.05, 0.1) is 25.3 Å². The van der Waals surface area contributed by atoms with E-state index in [1.54, 1.807) is 36.4 Å². The summed E-state index contributed by atoms with van der Waals surface area (Å²) in [6.45, 7) is 1.88. The fourth-order valence-electron chi connectivity index (χ4n) is 2.96. The van der Waals surface area contributed by atoms with Gasteiger partial charge in [-0.1, -0.05) is 11.6 Å². The van der Waals surface area contributed by atoms with E-state index in [0.717, 1.165) is 10.5 Å². The molecule has 7 heteroatoms. The van der Waals surface area contributed by atoms with Gasteiger partial charge < -0.3 is 14.8 Å². The molecular formula is C20H20N2O5. The molecular weight excluding hydrogens is 348 g/mol. The summed E-state index contributed by atoms with van der Waals surface area (Å²) >= 11 is 0. The van der Waals surface area contributed by atoms with Crippen LogP contribution in [-0.4, -0.2) is 43.4 Å². The van der Waals surface area contributed by atoms with Crippen molar-refractivity contribution in [3.8, 4) is 11.5 Å². The van der Waals surface area contributed by atoms with Crippen LogP contribution in [0, 0.1) is 6.92 Å². The predicted molar refractivity (Wildman–Crippen MR) is 99.3 cm³/mol. The number of amides is 3. The number of hydrogen-bond acceptors (Lipinski definition) is 5. The van der Waals surface area contributed by atoms with E-state index in [4.69, 9.17) is 9.47 Å². The first-order valence-electron chi connectivity index (χ1n) is 8.43. The molecule has 1 aliphatic heterocycles. The van der Waals surface area contributed by atoms with Gasteiger partial charge in [-0.05, 0) is 31.2 Å². The Bertz CT molecular complexity index is 923.